The smallest absolute Gasteiger partial charge is 0.124 e. The average Bonchev–Trinajstić information content (AvgIpc) is 3.06. The number of aryl methyl sites for hydroxylation is 1. The van der Waals surface area contributed by atoms with Gasteiger partial charge in [0.15, 0.2) is 0 Å². The molecule has 5 heteroatoms. The van der Waals surface area contributed by atoms with Crippen molar-refractivity contribution in [1.29, 1.82) is 0 Å². The Hall–Kier alpha value is -1.39. The third-order valence-corrected chi connectivity index (χ3v) is 4.68. The molecule has 0 N–H and O–H groups in total. The molecule has 0 saturated carbocycles. The molecular formula is C15H16ClN3S. The number of aromatic nitrogens is 3. The maximum absolute atomic E-state index is 6.06. The number of halogens is 1. The topological polar surface area (TPSA) is 30.7 Å². The summed E-state index contributed by atoms with van der Waals surface area (Å²) in [6.07, 6.45) is 1.86. The molecule has 0 aliphatic rings. The van der Waals surface area contributed by atoms with Crippen LogP contribution in [0.4, 0.5) is 0 Å². The highest BCUT2D eigenvalue weighted by Crippen LogP contribution is 2.25. The Bertz CT molecular complexity index is 718. The van der Waals surface area contributed by atoms with Crippen LogP contribution in [0.15, 0.2) is 29.8 Å². The lowest BCUT2D eigenvalue weighted by Gasteiger charge is -2.12. The summed E-state index contributed by atoms with van der Waals surface area (Å²) in [6.45, 7) is 5.13. The summed E-state index contributed by atoms with van der Waals surface area (Å²) in [5.41, 5.74) is 3.39. The minimum absolute atomic E-state index is 0.357. The lowest BCUT2D eigenvalue weighted by atomic mass is 10.2. The zero-order valence-corrected chi connectivity index (χ0v) is 13.1. The first-order valence-electron chi connectivity index (χ1n) is 6.60. The van der Waals surface area contributed by atoms with Crippen molar-refractivity contribution in [1.82, 2.24) is 14.5 Å². The first kappa shape index (κ1) is 13.6. The molecular weight excluding hydrogens is 290 g/mol. The highest BCUT2D eigenvalue weighted by atomic mass is 35.5. The van der Waals surface area contributed by atoms with E-state index in [1.807, 2.05) is 11.6 Å². The summed E-state index contributed by atoms with van der Waals surface area (Å²) >= 11 is 7.75. The highest BCUT2D eigenvalue weighted by molar-refractivity contribution is 7.09. The molecule has 0 aliphatic carbocycles. The van der Waals surface area contributed by atoms with Crippen molar-refractivity contribution in [3.63, 3.8) is 0 Å². The van der Waals surface area contributed by atoms with Gasteiger partial charge in [-0.25, -0.2) is 9.97 Å². The highest BCUT2D eigenvalue weighted by Gasteiger charge is 2.15. The van der Waals surface area contributed by atoms with Crippen molar-refractivity contribution < 1.29 is 0 Å². The van der Waals surface area contributed by atoms with Gasteiger partial charge < -0.3 is 4.57 Å². The summed E-state index contributed by atoms with van der Waals surface area (Å²) in [7, 11) is 0. The van der Waals surface area contributed by atoms with Crippen LogP contribution < -0.4 is 0 Å². The maximum atomic E-state index is 6.06. The quantitative estimate of drug-likeness (QED) is 0.671. The zero-order chi connectivity index (χ0) is 14.1. The molecule has 0 radical (unpaired) electrons. The van der Waals surface area contributed by atoms with Gasteiger partial charge in [0.2, 0.25) is 0 Å². The Morgan fingerprint density at radius 1 is 1.40 bits per heavy atom. The van der Waals surface area contributed by atoms with Gasteiger partial charge in [0.25, 0.3) is 0 Å². The van der Waals surface area contributed by atoms with Gasteiger partial charge in [-0.2, -0.15) is 0 Å². The van der Waals surface area contributed by atoms with Crippen LogP contribution in [-0.2, 0) is 12.4 Å². The van der Waals surface area contributed by atoms with E-state index in [-0.39, 0.29) is 0 Å². The van der Waals surface area contributed by atoms with E-state index in [9.17, 15) is 0 Å². The van der Waals surface area contributed by atoms with Crippen LogP contribution in [0.1, 0.15) is 29.2 Å². The molecule has 3 nitrogen and oxygen atoms in total. The van der Waals surface area contributed by atoms with Gasteiger partial charge in [0.05, 0.1) is 21.9 Å². The summed E-state index contributed by atoms with van der Waals surface area (Å²) in [5.74, 6) is 1.71. The molecule has 0 bridgehead atoms. The molecule has 2 aromatic heterocycles. The van der Waals surface area contributed by atoms with Crippen LogP contribution in [0.5, 0.6) is 0 Å². The molecule has 3 aromatic rings. The molecule has 20 heavy (non-hydrogen) atoms. The third-order valence-electron chi connectivity index (χ3n) is 3.43. The van der Waals surface area contributed by atoms with Gasteiger partial charge in [0, 0.05) is 24.0 Å². The first-order chi connectivity index (χ1) is 9.69. The lowest BCUT2D eigenvalue weighted by Crippen LogP contribution is -2.08. The molecule has 1 atom stereocenters. The van der Waals surface area contributed by atoms with Gasteiger partial charge in [0.1, 0.15) is 5.82 Å². The molecule has 1 aromatic carbocycles. The Labute approximate surface area is 127 Å². The zero-order valence-electron chi connectivity index (χ0n) is 11.5. The number of hydrogen-bond acceptors (Lipinski definition) is 3. The molecule has 0 aliphatic heterocycles. The predicted molar refractivity (Wildman–Crippen MR) is 84.6 cm³/mol. The number of fused-ring (bicyclic) bond motifs is 1. The third kappa shape index (κ3) is 2.45. The Morgan fingerprint density at radius 2 is 2.25 bits per heavy atom. The van der Waals surface area contributed by atoms with E-state index < -0.39 is 0 Å². The van der Waals surface area contributed by atoms with Gasteiger partial charge in [-0.15, -0.1) is 22.9 Å². The van der Waals surface area contributed by atoms with E-state index in [4.69, 9.17) is 11.6 Å². The second kappa shape index (κ2) is 5.54. The van der Waals surface area contributed by atoms with Gasteiger partial charge in [-0.05, 0) is 24.6 Å². The summed E-state index contributed by atoms with van der Waals surface area (Å²) in [4.78, 5) is 9.04. The van der Waals surface area contributed by atoms with E-state index >= 15 is 0 Å². The van der Waals surface area contributed by atoms with E-state index in [2.05, 4.69) is 46.6 Å². The summed E-state index contributed by atoms with van der Waals surface area (Å²) < 4.78 is 2.22. The van der Waals surface area contributed by atoms with Crippen molar-refractivity contribution in [2.75, 3.05) is 0 Å². The number of imidazole rings is 1. The maximum Gasteiger partial charge on any atom is 0.124 e. The van der Waals surface area contributed by atoms with Gasteiger partial charge in [-0.1, -0.05) is 13.0 Å². The molecule has 2 heterocycles. The second-order valence-corrected chi connectivity index (χ2v) is 6.23. The fourth-order valence-corrected chi connectivity index (χ4v) is 3.32. The summed E-state index contributed by atoms with van der Waals surface area (Å²) in [5, 5.41) is 3.17. The Balaban J connectivity index is 2.01. The molecule has 3 rings (SSSR count). The van der Waals surface area contributed by atoms with Crippen LogP contribution in [0.2, 0.25) is 0 Å². The molecule has 0 fully saturated rings. The monoisotopic (exact) mass is 305 g/mol. The largest absolute Gasteiger partial charge is 0.326 e. The van der Waals surface area contributed by atoms with Crippen molar-refractivity contribution in [2.45, 2.75) is 32.2 Å². The molecule has 0 amide bonds. The number of thiazole rings is 1. The van der Waals surface area contributed by atoms with Crippen molar-refractivity contribution in [2.24, 2.45) is 0 Å². The van der Waals surface area contributed by atoms with E-state index in [0.29, 0.717) is 11.8 Å². The number of alkyl halides is 1. The average molecular weight is 306 g/mol. The SMILES string of the molecule is Cc1ccc2c(c1)nc(CCl)n2CC(C)c1nccs1. The number of rotatable bonds is 4. The van der Waals surface area contributed by atoms with Crippen molar-refractivity contribution in [3.05, 3.63) is 46.2 Å². The molecule has 0 saturated heterocycles. The van der Waals surface area contributed by atoms with Crippen molar-refractivity contribution in [3.8, 4) is 0 Å². The predicted octanol–water partition coefficient (Wildman–Crippen LogP) is 4.34. The minimum Gasteiger partial charge on any atom is -0.326 e. The van der Waals surface area contributed by atoms with Crippen LogP contribution in [0, 0.1) is 6.92 Å². The number of hydrogen-bond donors (Lipinski definition) is 0. The fraction of sp³-hybridized carbons (Fsp3) is 0.333. The van der Waals surface area contributed by atoms with Gasteiger partial charge >= 0.3 is 0 Å². The first-order valence-corrected chi connectivity index (χ1v) is 8.01. The van der Waals surface area contributed by atoms with E-state index in [1.54, 1.807) is 11.3 Å². The van der Waals surface area contributed by atoms with Crippen LogP contribution in [-0.4, -0.2) is 14.5 Å². The fourth-order valence-electron chi connectivity index (χ4n) is 2.43. The summed E-state index contributed by atoms with van der Waals surface area (Å²) in [6, 6.07) is 6.35. The van der Waals surface area contributed by atoms with E-state index in [0.717, 1.165) is 28.4 Å². The Morgan fingerprint density at radius 3 is 2.95 bits per heavy atom. The van der Waals surface area contributed by atoms with E-state index in [1.165, 1.54) is 5.56 Å². The second-order valence-electron chi connectivity index (χ2n) is 5.04. The lowest BCUT2D eigenvalue weighted by molar-refractivity contribution is 0.592. The number of nitrogens with zero attached hydrogens (tertiary/aromatic N) is 3. The molecule has 1 unspecified atom stereocenters. The van der Waals surface area contributed by atoms with Crippen LogP contribution in [0.25, 0.3) is 11.0 Å². The van der Waals surface area contributed by atoms with Crippen molar-refractivity contribution >= 4 is 34.0 Å². The molecule has 104 valence electrons. The normalized spacial score (nSPS) is 12.9. The minimum atomic E-state index is 0.357. The van der Waals surface area contributed by atoms with Crippen LogP contribution in [0.3, 0.4) is 0 Å². The molecule has 0 spiro atoms. The van der Waals surface area contributed by atoms with Gasteiger partial charge in [-0.3, -0.25) is 0 Å². The number of benzene rings is 1. The standard InChI is InChI=1S/C15H16ClN3S/c1-10-3-4-13-12(7-10)18-14(8-16)19(13)9-11(2)15-17-5-6-20-15/h3-7,11H,8-9H2,1-2H3. The van der Waals surface area contributed by atoms with Crippen LogP contribution >= 0.6 is 22.9 Å². The Kier molecular flexibility index (Phi) is 3.76.